The molecule has 0 aliphatic carbocycles. The van der Waals surface area contributed by atoms with Crippen molar-refractivity contribution in [2.24, 2.45) is 0 Å². The fraction of sp³-hybridized carbons (Fsp3) is 0. The van der Waals surface area contributed by atoms with Gasteiger partial charge in [-0.05, 0) is 18.2 Å². The Morgan fingerprint density at radius 2 is 0.676 bits per heavy atom. The normalized spacial score (nSPS) is 9.08. The van der Waals surface area contributed by atoms with Gasteiger partial charge in [0.15, 0.2) is 0 Å². The van der Waals surface area contributed by atoms with Crippen LogP contribution in [0.5, 0.6) is 0 Å². The standard InChI is InChI=1S/3C7H5NO4.Sc/c3*9-7(10)5-3-1-2-4-6(5)8(11)12;/h3*1-4H,(H,9,10);. The third-order valence-corrected chi connectivity index (χ3v) is 3.99. The van der Waals surface area contributed by atoms with Gasteiger partial charge in [-0.2, -0.15) is 0 Å². The molecule has 0 amide bonds. The largest absolute Gasteiger partial charge is 0.477 e. The van der Waals surface area contributed by atoms with Crippen molar-refractivity contribution in [2.45, 2.75) is 0 Å². The number of carboxylic acid groups (broad SMARTS) is 3. The Kier molecular flexibility index (Phi) is 13.2. The number of rotatable bonds is 6. The zero-order chi connectivity index (χ0) is 27.4. The molecule has 0 unspecified atom stereocenters. The first kappa shape index (κ1) is 32.1. The molecule has 189 valence electrons. The number of carbonyl (C=O) groups is 3. The van der Waals surface area contributed by atoms with Crippen LogP contribution < -0.4 is 0 Å². The minimum absolute atomic E-state index is 0. The number of nitrogens with zero attached hydrogens (tertiary/aromatic N) is 3. The van der Waals surface area contributed by atoms with E-state index in [0.29, 0.717) is 0 Å². The van der Waals surface area contributed by atoms with E-state index in [1.807, 2.05) is 0 Å². The van der Waals surface area contributed by atoms with Gasteiger partial charge in [0.1, 0.15) is 16.7 Å². The van der Waals surface area contributed by atoms with Gasteiger partial charge in [0.05, 0.1) is 14.8 Å². The summed E-state index contributed by atoms with van der Waals surface area (Å²) in [7, 11) is 0. The zero-order valence-electron chi connectivity index (χ0n) is 18.4. The summed E-state index contributed by atoms with van der Waals surface area (Å²) in [5.41, 5.74) is -2.02. The van der Waals surface area contributed by atoms with Gasteiger partial charge in [-0.3, -0.25) is 30.3 Å². The second-order valence-electron chi connectivity index (χ2n) is 6.24. The summed E-state index contributed by atoms with van der Waals surface area (Å²) in [5, 5.41) is 56.3. The molecule has 0 spiro atoms. The van der Waals surface area contributed by atoms with Crippen molar-refractivity contribution in [3.05, 3.63) is 120 Å². The Bertz CT molecular complexity index is 1070. The SMILES string of the molecule is O=C(O)c1ccccc1[N+](=O)[O-].O=C(O)c1ccccc1[N+](=O)[O-].O=C(O)c1ccccc1[N+](=O)[O-].[Sc]. The van der Waals surface area contributed by atoms with E-state index in [1.165, 1.54) is 54.6 Å². The first-order valence-electron chi connectivity index (χ1n) is 9.28. The third-order valence-electron chi connectivity index (χ3n) is 3.99. The molecule has 0 aliphatic rings. The van der Waals surface area contributed by atoms with Gasteiger partial charge in [0.25, 0.3) is 17.1 Å². The molecule has 1 radical (unpaired) electrons. The average molecular weight is 546 g/mol. The summed E-state index contributed by atoms with van der Waals surface area (Å²) in [6.45, 7) is 0. The molecule has 3 rings (SSSR count). The molecule has 0 atom stereocenters. The van der Waals surface area contributed by atoms with Gasteiger partial charge in [0.2, 0.25) is 0 Å². The van der Waals surface area contributed by atoms with Crippen LogP contribution in [0.1, 0.15) is 31.1 Å². The van der Waals surface area contributed by atoms with Crippen LogP contribution in [0.15, 0.2) is 72.8 Å². The van der Waals surface area contributed by atoms with Crippen molar-refractivity contribution in [1.82, 2.24) is 0 Å². The molecule has 15 nitrogen and oxygen atoms in total. The number of hydrogen-bond donors (Lipinski definition) is 3. The van der Waals surface area contributed by atoms with Crippen molar-refractivity contribution in [2.75, 3.05) is 0 Å². The summed E-state index contributed by atoms with van der Waals surface area (Å²) >= 11 is 0. The molecule has 3 aromatic carbocycles. The van der Waals surface area contributed by atoms with E-state index in [1.54, 1.807) is 0 Å². The van der Waals surface area contributed by atoms with E-state index in [-0.39, 0.29) is 59.6 Å². The first-order valence-corrected chi connectivity index (χ1v) is 9.28. The molecule has 0 heterocycles. The van der Waals surface area contributed by atoms with Gasteiger partial charge in [-0.15, -0.1) is 0 Å². The Balaban J connectivity index is 0.000000518. The number of nitro groups is 3. The molecule has 0 saturated carbocycles. The van der Waals surface area contributed by atoms with Gasteiger partial charge in [-0.1, -0.05) is 36.4 Å². The van der Waals surface area contributed by atoms with Crippen LogP contribution in [0.3, 0.4) is 0 Å². The Morgan fingerprint density at radius 1 is 0.486 bits per heavy atom. The fourth-order valence-corrected chi connectivity index (χ4v) is 2.44. The number of hydrogen-bond acceptors (Lipinski definition) is 9. The Morgan fingerprint density at radius 3 is 0.811 bits per heavy atom. The van der Waals surface area contributed by atoms with Gasteiger partial charge in [-0.25, -0.2) is 14.4 Å². The minimum atomic E-state index is -1.29. The molecule has 0 fully saturated rings. The Hall–Kier alpha value is -4.86. The van der Waals surface area contributed by atoms with Crippen molar-refractivity contribution in [1.29, 1.82) is 0 Å². The van der Waals surface area contributed by atoms with Crippen LogP contribution in [-0.2, 0) is 25.8 Å². The van der Waals surface area contributed by atoms with Gasteiger partial charge >= 0.3 is 17.9 Å². The summed E-state index contributed by atoms with van der Waals surface area (Å²) in [5.74, 6) is -3.87. The van der Waals surface area contributed by atoms with Gasteiger partial charge in [0, 0.05) is 44.0 Å². The maximum Gasteiger partial charge on any atom is 0.342 e. The Labute approximate surface area is 224 Å². The number of carboxylic acids is 3. The average Bonchev–Trinajstić information content (AvgIpc) is 2.84. The van der Waals surface area contributed by atoms with Crippen molar-refractivity contribution >= 4 is 35.0 Å². The molecular weight excluding hydrogens is 531 g/mol. The predicted molar refractivity (Wildman–Crippen MR) is 120 cm³/mol. The van der Waals surface area contributed by atoms with Gasteiger partial charge < -0.3 is 15.3 Å². The molecule has 0 aliphatic heterocycles. The van der Waals surface area contributed by atoms with Crippen LogP contribution in [0, 0.1) is 30.3 Å². The summed E-state index contributed by atoms with van der Waals surface area (Å²) in [4.78, 5) is 59.9. The third kappa shape index (κ3) is 9.73. The minimum Gasteiger partial charge on any atom is -0.477 e. The topological polar surface area (TPSA) is 241 Å². The second-order valence-corrected chi connectivity index (χ2v) is 6.24. The van der Waals surface area contributed by atoms with Crippen LogP contribution in [0.2, 0.25) is 0 Å². The molecule has 3 N–H and O–H groups in total. The van der Waals surface area contributed by atoms with Crippen LogP contribution in [0.25, 0.3) is 0 Å². The maximum atomic E-state index is 10.4. The number of benzene rings is 3. The summed E-state index contributed by atoms with van der Waals surface area (Å²) in [6.07, 6.45) is 0. The van der Waals surface area contributed by atoms with Crippen molar-refractivity contribution < 1.29 is 70.3 Å². The van der Waals surface area contributed by atoms with E-state index >= 15 is 0 Å². The molecule has 16 heteroatoms. The molecule has 0 aromatic heterocycles. The zero-order valence-corrected chi connectivity index (χ0v) is 20.2. The number of para-hydroxylation sites is 3. The number of aromatic carboxylic acids is 3. The van der Waals surface area contributed by atoms with Crippen molar-refractivity contribution in [3.8, 4) is 0 Å². The fourth-order valence-electron chi connectivity index (χ4n) is 2.44. The predicted octanol–water partition coefficient (Wildman–Crippen LogP) is 3.88. The van der Waals surface area contributed by atoms with Crippen molar-refractivity contribution in [3.63, 3.8) is 0 Å². The molecular formula is C21H15N3O12Sc. The molecule has 0 saturated heterocycles. The summed E-state index contributed by atoms with van der Waals surface area (Å²) in [6, 6.07) is 15.6. The van der Waals surface area contributed by atoms with Crippen LogP contribution >= 0.6 is 0 Å². The smallest absolute Gasteiger partial charge is 0.342 e. The van der Waals surface area contributed by atoms with E-state index < -0.39 is 32.7 Å². The maximum absolute atomic E-state index is 10.4. The quantitative estimate of drug-likeness (QED) is 0.295. The van der Waals surface area contributed by atoms with E-state index in [4.69, 9.17) is 15.3 Å². The molecule has 0 bridgehead atoms. The van der Waals surface area contributed by atoms with Crippen LogP contribution in [-0.4, -0.2) is 48.0 Å². The molecule has 37 heavy (non-hydrogen) atoms. The van der Waals surface area contributed by atoms with E-state index in [2.05, 4.69) is 0 Å². The molecule has 3 aromatic rings. The summed E-state index contributed by atoms with van der Waals surface area (Å²) < 4.78 is 0. The van der Waals surface area contributed by atoms with Crippen LogP contribution in [0.4, 0.5) is 17.1 Å². The van der Waals surface area contributed by atoms with E-state index in [9.17, 15) is 44.7 Å². The second kappa shape index (κ2) is 15.2. The monoisotopic (exact) mass is 546 g/mol. The number of nitro benzene ring substituents is 3. The van der Waals surface area contributed by atoms with E-state index in [0.717, 1.165) is 18.2 Å². The first-order chi connectivity index (χ1) is 16.9.